The normalized spacial score (nSPS) is 11.7. The quantitative estimate of drug-likeness (QED) is 0.385. The molecular weight excluding hydrogens is 248 g/mol. The van der Waals surface area contributed by atoms with Crippen molar-refractivity contribution in [3.63, 3.8) is 0 Å². The Balaban J connectivity index is 2.36. The summed E-state index contributed by atoms with van der Waals surface area (Å²) < 4.78 is 0. The van der Waals surface area contributed by atoms with Crippen molar-refractivity contribution in [1.29, 1.82) is 0 Å². The van der Waals surface area contributed by atoms with Crippen LogP contribution in [0.15, 0.2) is 36.7 Å². The van der Waals surface area contributed by atoms with E-state index in [0.717, 1.165) is 43.7 Å². The highest BCUT2D eigenvalue weighted by Crippen LogP contribution is 2.35. The lowest BCUT2D eigenvalue weighted by atomic mass is 9.91. The Kier molecular flexibility index (Phi) is 2.11. The second-order valence-electron chi connectivity index (χ2n) is 5.17. The van der Waals surface area contributed by atoms with Gasteiger partial charge in [-0.2, -0.15) is 0 Å². The molecule has 0 aliphatic heterocycles. The van der Waals surface area contributed by atoms with Gasteiger partial charge in [-0.3, -0.25) is 4.79 Å². The Morgan fingerprint density at radius 1 is 1.00 bits per heavy atom. The van der Waals surface area contributed by atoms with Crippen molar-refractivity contribution in [2.24, 2.45) is 0 Å². The van der Waals surface area contributed by atoms with E-state index in [1.165, 1.54) is 0 Å². The van der Waals surface area contributed by atoms with Crippen LogP contribution in [-0.2, 0) is 0 Å². The minimum atomic E-state index is 0.101. The number of nitrogens with zero attached hydrogens (tertiary/aromatic N) is 2. The topological polar surface area (TPSA) is 42.9 Å². The van der Waals surface area contributed by atoms with Crippen LogP contribution in [0.4, 0.5) is 0 Å². The van der Waals surface area contributed by atoms with Gasteiger partial charge in [-0.15, -0.1) is 0 Å². The molecule has 0 fully saturated rings. The summed E-state index contributed by atoms with van der Waals surface area (Å²) in [4.78, 5) is 20.5. The Labute approximate surface area is 115 Å². The van der Waals surface area contributed by atoms with E-state index in [-0.39, 0.29) is 5.78 Å². The molecule has 0 atom stereocenters. The monoisotopic (exact) mass is 260 g/mol. The van der Waals surface area contributed by atoms with Gasteiger partial charge >= 0.3 is 0 Å². The molecule has 96 valence electrons. The standard InChI is InChI=1S/C17H12N2O/c1-9-12-4-6-15-17-14(18-8-19-15)5-3-11(16(12)17)7-13(9)10(2)20/h3-8H,1-2H3. The lowest BCUT2D eigenvalue weighted by molar-refractivity contribution is 0.101. The Bertz CT molecular complexity index is 973. The molecule has 0 amide bonds. The number of benzene rings is 3. The highest BCUT2D eigenvalue weighted by atomic mass is 16.1. The maximum atomic E-state index is 11.8. The van der Waals surface area contributed by atoms with Gasteiger partial charge in [-0.25, -0.2) is 9.97 Å². The van der Waals surface area contributed by atoms with E-state index >= 15 is 0 Å². The minimum Gasteiger partial charge on any atom is -0.295 e. The van der Waals surface area contributed by atoms with Crippen molar-refractivity contribution in [1.82, 2.24) is 9.97 Å². The van der Waals surface area contributed by atoms with Crippen LogP contribution in [0.3, 0.4) is 0 Å². The SMILES string of the molecule is CC(=O)c1cc2ccc3ncnc4ccc(c1C)c2c34. The average molecular weight is 260 g/mol. The summed E-state index contributed by atoms with van der Waals surface area (Å²) >= 11 is 0. The van der Waals surface area contributed by atoms with Crippen LogP contribution in [0, 0.1) is 6.92 Å². The second-order valence-corrected chi connectivity index (χ2v) is 5.17. The average Bonchev–Trinajstić information content (AvgIpc) is 2.46. The molecule has 3 aromatic carbocycles. The Hall–Kier alpha value is -2.55. The first-order valence-corrected chi connectivity index (χ1v) is 6.57. The molecule has 0 saturated carbocycles. The largest absolute Gasteiger partial charge is 0.295 e. The van der Waals surface area contributed by atoms with Crippen molar-refractivity contribution >= 4 is 38.4 Å². The van der Waals surface area contributed by atoms with Crippen molar-refractivity contribution < 1.29 is 4.79 Å². The molecule has 0 radical (unpaired) electrons. The lowest BCUT2D eigenvalue weighted by Gasteiger charge is -2.13. The molecule has 1 aromatic heterocycles. The molecule has 4 rings (SSSR count). The molecule has 0 saturated heterocycles. The number of carbonyl (C=O) groups is 1. The zero-order chi connectivity index (χ0) is 13.9. The van der Waals surface area contributed by atoms with Crippen molar-refractivity contribution in [2.45, 2.75) is 13.8 Å². The van der Waals surface area contributed by atoms with E-state index in [9.17, 15) is 4.79 Å². The zero-order valence-electron chi connectivity index (χ0n) is 11.3. The van der Waals surface area contributed by atoms with Crippen LogP contribution in [0.5, 0.6) is 0 Å². The predicted octanol–water partition coefficient (Wildman–Crippen LogP) is 3.89. The van der Waals surface area contributed by atoms with E-state index in [4.69, 9.17) is 0 Å². The van der Waals surface area contributed by atoms with Gasteiger partial charge in [-0.1, -0.05) is 12.1 Å². The fraction of sp³-hybridized carbons (Fsp3) is 0.118. The second kappa shape index (κ2) is 3.73. The summed E-state index contributed by atoms with van der Waals surface area (Å²) in [6.45, 7) is 3.62. The number of aromatic nitrogens is 2. The van der Waals surface area contributed by atoms with E-state index < -0.39 is 0 Å². The summed E-state index contributed by atoms with van der Waals surface area (Å²) in [5.74, 6) is 0.101. The number of ketones is 1. The number of hydrogen-bond acceptors (Lipinski definition) is 3. The van der Waals surface area contributed by atoms with Gasteiger partial charge in [0.05, 0.1) is 11.0 Å². The first kappa shape index (κ1) is 11.3. The maximum Gasteiger partial charge on any atom is 0.160 e. The smallest absolute Gasteiger partial charge is 0.160 e. The molecule has 0 N–H and O–H groups in total. The lowest BCUT2D eigenvalue weighted by Crippen LogP contribution is -1.98. The van der Waals surface area contributed by atoms with Gasteiger partial charge < -0.3 is 0 Å². The highest BCUT2D eigenvalue weighted by molar-refractivity contribution is 6.23. The number of carbonyl (C=O) groups excluding carboxylic acids is 1. The van der Waals surface area contributed by atoms with Gasteiger partial charge in [0, 0.05) is 16.3 Å². The van der Waals surface area contributed by atoms with Crippen LogP contribution in [0.1, 0.15) is 22.8 Å². The van der Waals surface area contributed by atoms with Gasteiger partial charge in [0.1, 0.15) is 6.33 Å². The van der Waals surface area contributed by atoms with E-state index in [1.54, 1.807) is 13.3 Å². The number of aryl methyl sites for hydroxylation is 1. The minimum absolute atomic E-state index is 0.101. The van der Waals surface area contributed by atoms with Gasteiger partial charge in [-0.05, 0) is 48.4 Å². The van der Waals surface area contributed by atoms with E-state index in [2.05, 4.69) is 16.0 Å². The molecule has 1 heterocycles. The van der Waals surface area contributed by atoms with E-state index in [1.807, 2.05) is 31.2 Å². The summed E-state index contributed by atoms with van der Waals surface area (Å²) in [6, 6.07) is 10.1. The number of rotatable bonds is 1. The third kappa shape index (κ3) is 1.32. The molecule has 3 nitrogen and oxygen atoms in total. The fourth-order valence-electron chi connectivity index (χ4n) is 3.06. The number of hydrogen-bond donors (Lipinski definition) is 0. The zero-order valence-corrected chi connectivity index (χ0v) is 11.3. The fourth-order valence-corrected chi connectivity index (χ4v) is 3.06. The highest BCUT2D eigenvalue weighted by Gasteiger charge is 2.14. The summed E-state index contributed by atoms with van der Waals surface area (Å²) in [7, 11) is 0. The van der Waals surface area contributed by atoms with Crippen LogP contribution in [0.25, 0.3) is 32.6 Å². The molecule has 0 spiro atoms. The van der Waals surface area contributed by atoms with Gasteiger partial charge in [0.2, 0.25) is 0 Å². The third-order valence-electron chi connectivity index (χ3n) is 4.03. The molecular formula is C17H12N2O. The molecule has 0 aliphatic carbocycles. The Morgan fingerprint density at radius 2 is 1.70 bits per heavy atom. The van der Waals surface area contributed by atoms with Crippen LogP contribution < -0.4 is 0 Å². The van der Waals surface area contributed by atoms with Crippen LogP contribution in [0.2, 0.25) is 0 Å². The van der Waals surface area contributed by atoms with Crippen molar-refractivity contribution in [3.05, 3.63) is 47.8 Å². The maximum absolute atomic E-state index is 11.8. The van der Waals surface area contributed by atoms with Crippen LogP contribution in [-0.4, -0.2) is 15.8 Å². The summed E-state index contributed by atoms with van der Waals surface area (Å²) in [5, 5.41) is 4.42. The molecule has 20 heavy (non-hydrogen) atoms. The van der Waals surface area contributed by atoms with Crippen molar-refractivity contribution in [3.8, 4) is 0 Å². The van der Waals surface area contributed by atoms with Gasteiger partial charge in [0.25, 0.3) is 0 Å². The summed E-state index contributed by atoms with van der Waals surface area (Å²) in [5.41, 5.74) is 3.71. The molecule has 0 bridgehead atoms. The third-order valence-corrected chi connectivity index (χ3v) is 4.03. The van der Waals surface area contributed by atoms with Crippen molar-refractivity contribution in [2.75, 3.05) is 0 Å². The summed E-state index contributed by atoms with van der Waals surface area (Å²) in [6.07, 6.45) is 1.59. The van der Waals surface area contributed by atoms with E-state index in [0.29, 0.717) is 0 Å². The molecule has 0 aliphatic rings. The van der Waals surface area contributed by atoms with Crippen LogP contribution >= 0.6 is 0 Å². The first-order chi connectivity index (χ1) is 9.66. The predicted molar refractivity (Wildman–Crippen MR) is 80.5 cm³/mol. The number of Topliss-reactive ketones (excluding diaryl/α,β-unsaturated/α-hetero) is 1. The molecule has 4 aromatic rings. The van der Waals surface area contributed by atoms with Gasteiger partial charge in [0.15, 0.2) is 5.78 Å². The molecule has 3 heteroatoms. The first-order valence-electron chi connectivity index (χ1n) is 6.57. The molecule has 0 unspecified atom stereocenters. The Morgan fingerprint density at radius 3 is 2.40 bits per heavy atom.